The van der Waals surface area contributed by atoms with E-state index in [9.17, 15) is 14.4 Å². The second-order valence-electron chi connectivity index (χ2n) is 20.1. The van der Waals surface area contributed by atoms with Crippen LogP contribution in [-0.2, 0) is 49.9 Å². The third-order valence-electron chi connectivity index (χ3n) is 13.6. The molecule has 2 aliphatic heterocycles. The number of pyridine rings is 1. The second-order valence-corrected chi connectivity index (χ2v) is 25.5. The highest BCUT2D eigenvalue weighted by molar-refractivity contribution is 6.78. The maximum Gasteiger partial charge on any atom is 0.324 e. The molecular weight excluding hydrogens is 821 g/mol. The van der Waals surface area contributed by atoms with Gasteiger partial charge in [-0.1, -0.05) is 81.4 Å². The largest absolute Gasteiger partial charge is 0.543 e. The summed E-state index contributed by atoms with van der Waals surface area (Å²) >= 11 is 0. The van der Waals surface area contributed by atoms with Crippen LogP contribution in [0, 0.1) is 11.3 Å². The number of hydrogen-bond acceptors (Lipinski definition) is 9. The monoisotopic (exact) mass is 895 g/mol. The molecule has 0 saturated carbocycles. The molecule has 6 rings (SSSR count). The van der Waals surface area contributed by atoms with E-state index in [1.165, 1.54) is 5.01 Å². The Hall–Kier alpha value is -4.56. The van der Waals surface area contributed by atoms with Crippen LogP contribution in [0.5, 0.6) is 5.75 Å². The molecule has 2 amide bonds. The van der Waals surface area contributed by atoms with E-state index in [4.69, 9.17) is 13.9 Å². The van der Waals surface area contributed by atoms with Gasteiger partial charge in [0.05, 0.1) is 24.9 Å². The molecule has 3 N–H and O–H groups in total. The summed E-state index contributed by atoms with van der Waals surface area (Å²) in [7, 11) is 1.03. The van der Waals surface area contributed by atoms with Crippen molar-refractivity contribution in [2.24, 2.45) is 11.3 Å². The Balaban J connectivity index is 1.63. The highest BCUT2D eigenvalue weighted by Gasteiger charge is 2.47. The average Bonchev–Trinajstić information content (AvgIpc) is 3.55. The minimum Gasteiger partial charge on any atom is -0.543 e. The van der Waals surface area contributed by atoms with Crippen LogP contribution in [0.4, 0.5) is 0 Å². The van der Waals surface area contributed by atoms with E-state index in [1.807, 2.05) is 32.3 Å². The number of carbonyl (C=O) groups is 3. The van der Waals surface area contributed by atoms with Crippen molar-refractivity contribution in [1.82, 2.24) is 30.6 Å². The molecule has 4 aromatic rings. The van der Waals surface area contributed by atoms with Crippen LogP contribution in [-0.4, -0.2) is 86.1 Å². The summed E-state index contributed by atoms with van der Waals surface area (Å²) < 4.78 is 21.7. The number of methoxy groups -OCH3 is 1. The van der Waals surface area contributed by atoms with Crippen molar-refractivity contribution in [3.8, 4) is 28.1 Å². The fourth-order valence-electron chi connectivity index (χ4n) is 10.6. The summed E-state index contributed by atoms with van der Waals surface area (Å²) in [6.45, 7) is 25.8. The zero-order valence-corrected chi connectivity index (χ0v) is 41.7. The molecule has 4 heterocycles. The van der Waals surface area contributed by atoms with Gasteiger partial charge >= 0.3 is 5.97 Å². The van der Waals surface area contributed by atoms with Crippen LogP contribution in [0.25, 0.3) is 33.3 Å². The molecule has 3 atom stereocenters. The number of hydrogen-bond donors (Lipinski definition) is 3. The maximum atomic E-state index is 14.8. The van der Waals surface area contributed by atoms with E-state index < -0.39 is 37.8 Å². The first-order chi connectivity index (χ1) is 30.3. The summed E-state index contributed by atoms with van der Waals surface area (Å²) in [6.07, 6.45) is 5.68. The number of cyclic esters (lactones) is 1. The van der Waals surface area contributed by atoms with E-state index in [0.717, 1.165) is 62.3 Å². The first kappa shape index (κ1) is 48.9. The molecule has 1 fully saturated rings. The van der Waals surface area contributed by atoms with Crippen molar-refractivity contribution in [3.63, 3.8) is 0 Å². The highest BCUT2D eigenvalue weighted by atomic mass is 28.4. The molecule has 1 saturated heterocycles. The van der Waals surface area contributed by atoms with Gasteiger partial charge in [0.2, 0.25) is 5.91 Å². The smallest absolute Gasteiger partial charge is 0.324 e. The van der Waals surface area contributed by atoms with Gasteiger partial charge in [-0.3, -0.25) is 24.4 Å². The quantitative estimate of drug-likeness (QED) is 0.0888. The Morgan fingerprint density at radius 3 is 2.36 bits per heavy atom. The number of benzene rings is 2. The first-order valence-corrected chi connectivity index (χ1v) is 25.6. The number of amides is 2. The van der Waals surface area contributed by atoms with Crippen LogP contribution in [0.1, 0.15) is 106 Å². The van der Waals surface area contributed by atoms with Crippen LogP contribution < -0.4 is 20.5 Å². The Morgan fingerprint density at radius 2 is 1.72 bits per heavy atom. The summed E-state index contributed by atoms with van der Waals surface area (Å²) in [6, 6.07) is 12.9. The fraction of sp³-hybridized carbons (Fsp3) is 0.569. The SMILES string of the molecule is CCn1c(-c2cnccc2COC)c2c3cc(ccc31)-c1cc(cc(O[Si](C(C)C)(C(C)C)C(C)C)c1)C[C@H](NC(=O)[C@@H](NC)C(C)C)C(=O)N1CCC[C@H](N1)C(=O)OCC(C)(C)C2. The van der Waals surface area contributed by atoms with Gasteiger partial charge in [-0.25, -0.2) is 5.43 Å². The molecule has 13 heteroatoms. The molecule has 0 aliphatic carbocycles. The number of rotatable bonds is 13. The molecular formula is C51H74N6O6Si. The predicted octanol–water partition coefficient (Wildman–Crippen LogP) is 8.98. The molecule has 348 valence electrons. The zero-order valence-electron chi connectivity index (χ0n) is 40.7. The Kier molecular flexibility index (Phi) is 15.5. The lowest BCUT2D eigenvalue weighted by Gasteiger charge is -2.42. The topological polar surface area (TPSA) is 136 Å². The van der Waals surface area contributed by atoms with Crippen molar-refractivity contribution in [1.29, 1.82) is 0 Å². The highest BCUT2D eigenvalue weighted by Crippen LogP contribution is 2.45. The lowest BCUT2D eigenvalue weighted by molar-refractivity contribution is -0.155. The number of nitrogens with zero attached hydrogens (tertiary/aromatic N) is 3. The van der Waals surface area contributed by atoms with Gasteiger partial charge in [-0.05, 0) is 114 Å². The number of ether oxygens (including phenoxy) is 2. The van der Waals surface area contributed by atoms with Gasteiger partial charge in [0.25, 0.3) is 14.2 Å². The second kappa shape index (κ2) is 20.3. The maximum absolute atomic E-state index is 14.8. The Labute approximate surface area is 382 Å². The summed E-state index contributed by atoms with van der Waals surface area (Å²) in [4.78, 5) is 47.3. The van der Waals surface area contributed by atoms with Crippen LogP contribution >= 0.6 is 0 Å². The molecule has 64 heavy (non-hydrogen) atoms. The summed E-state index contributed by atoms with van der Waals surface area (Å²) in [5.41, 5.74) is 11.9. The van der Waals surface area contributed by atoms with Crippen molar-refractivity contribution < 1.29 is 28.3 Å². The number of hydrazine groups is 1. The fourth-order valence-corrected chi connectivity index (χ4v) is 15.8. The van der Waals surface area contributed by atoms with Gasteiger partial charge in [0, 0.05) is 60.9 Å². The molecule has 0 radical (unpaired) electrons. The van der Waals surface area contributed by atoms with E-state index in [2.05, 4.69) is 124 Å². The van der Waals surface area contributed by atoms with Crippen molar-refractivity contribution >= 4 is 37.0 Å². The number of carbonyl (C=O) groups excluding carboxylic acids is 3. The molecule has 2 aromatic carbocycles. The number of aromatic nitrogens is 2. The number of nitrogens with one attached hydrogen (secondary N) is 3. The van der Waals surface area contributed by atoms with Gasteiger partial charge < -0.3 is 29.1 Å². The lowest BCUT2D eigenvalue weighted by Crippen LogP contribution is -2.61. The third kappa shape index (κ3) is 10.1. The van der Waals surface area contributed by atoms with Crippen LogP contribution in [0.2, 0.25) is 16.6 Å². The molecule has 6 bridgehead atoms. The van der Waals surface area contributed by atoms with E-state index >= 15 is 0 Å². The van der Waals surface area contributed by atoms with E-state index in [-0.39, 0.29) is 30.8 Å². The third-order valence-corrected chi connectivity index (χ3v) is 19.6. The zero-order chi connectivity index (χ0) is 46.7. The van der Waals surface area contributed by atoms with Gasteiger partial charge in [-0.15, -0.1) is 0 Å². The first-order valence-electron chi connectivity index (χ1n) is 23.5. The van der Waals surface area contributed by atoms with Crippen LogP contribution in [0.15, 0.2) is 54.9 Å². The van der Waals surface area contributed by atoms with Crippen molar-refractivity contribution in [2.75, 3.05) is 27.3 Å². The molecule has 12 nitrogen and oxygen atoms in total. The lowest BCUT2D eigenvalue weighted by atomic mass is 9.84. The van der Waals surface area contributed by atoms with E-state index in [0.29, 0.717) is 49.0 Å². The minimum atomic E-state index is -2.44. The van der Waals surface area contributed by atoms with Crippen molar-refractivity contribution in [2.45, 2.75) is 150 Å². The number of aryl methyl sites for hydroxylation is 1. The standard InChI is InChI=1S/C51H74N6O6Si/c1-14-56-45-18-17-36-26-40(45)41(47(56)42-28-53-20-19-37(42)29-61-13)27-51(10,11)30-62-50(60)43-16-15-21-57(55-43)49(59)44(54-48(58)46(52-12)31(2)3)24-35-22-38(36)25-39(23-35)63-64(32(4)5,33(6)7)34(8)9/h17-20,22-23,25-26,28,31-34,43-44,46,52,55H,14-16,21,24,27,29-30H2,1-13H3,(H,54,58)/t43-,44-,46-/m0/s1. The number of likely N-dealkylation sites (N-methyl/N-ethyl adjacent to an activating group) is 1. The predicted molar refractivity (Wildman–Crippen MR) is 258 cm³/mol. The molecule has 0 spiro atoms. The Bertz CT molecular complexity index is 2280. The summed E-state index contributed by atoms with van der Waals surface area (Å²) in [5, 5.41) is 8.90. The van der Waals surface area contributed by atoms with E-state index in [1.54, 1.807) is 14.2 Å². The van der Waals surface area contributed by atoms with Gasteiger partial charge in [0.15, 0.2) is 0 Å². The summed E-state index contributed by atoms with van der Waals surface area (Å²) in [5.74, 6) is -0.227. The molecule has 0 unspecified atom stereocenters. The van der Waals surface area contributed by atoms with Gasteiger partial charge in [-0.2, -0.15) is 0 Å². The van der Waals surface area contributed by atoms with Crippen molar-refractivity contribution in [3.05, 3.63) is 71.5 Å². The molecule has 2 aliphatic rings. The normalized spacial score (nSPS) is 19.0. The molecule has 2 aromatic heterocycles. The Morgan fingerprint density at radius 1 is 1.00 bits per heavy atom. The average molecular weight is 895 g/mol. The number of esters is 1. The number of fused-ring (bicyclic) bond motifs is 6. The van der Waals surface area contributed by atoms with Gasteiger partial charge in [0.1, 0.15) is 17.8 Å². The van der Waals surface area contributed by atoms with Crippen LogP contribution in [0.3, 0.4) is 0 Å². The minimum absolute atomic E-state index is 0.0204.